The van der Waals surface area contributed by atoms with E-state index in [0.717, 1.165) is 19.3 Å². The predicted molar refractivity (Wildman–Crippen MR) is 134 cm³/mol. The molecule has 4 rings (SSSR count). The van der Waals surface area contributed by atoms with E-state index >= 15 is 0 Å². The van der Waals surface area contributed by atoms with E-state index in [2.05, 4.69) is 61.5 Å². The zero-order valence-corrected chi connectivity index (χ0v) is 22.2. The van der Waals surface area contributed by atoms with Crippen LogP contribution >= 0.6 is 0 Å². The zero-order valence-electron chi connectivity index (χ0n) is 22.2. The Balaban J connectivity index is 1.67. The van der Waals surface area contributed by atoms with E-state index in [1.807, 2.05) is 0 Å². The fourth-order valence-corrected chi connectivity index (χ4v) is 9.40. The van der Waals surface area contributed by atoms with Crippen LogP contribution in [-0.4, -0.2) is 22.4 Å². The first-order chi connectivity index (χ1) is 14.8. The highest BCUT2D eigenvalue weighted by molar-refractivity contribution is 5.38. The summed E-state index contributed by atoms with van der Waals surface area (Å²) in [6, 6.07) is 0. The summed E-state index contributed by atoms with van der Waals surface area (Å²) in [6.45, 7) is 18.9. The van der Waals surface area contributed by atoms with Crippen molar-refractivity contribution in [2.24, 2.45) is 39.4 Å². The molecule has 4 aliphatic carbocycles. The normalized spacial score (nSPS) is 44.9. The Kier molecular flexibility index (Phi) is 6.11. The van der Waals surface area contributed by atoms with Crippen molar-refractivity contribution < 1.29 is 10.2 Å². The molecule has 0 aromatic rings. The summed E-state index contributed by atoms with van der Waals surface area (Å²) in [6.07, 6.45) is 12.2. The van der Waals surface area contributed by atoms with Gasteiger partial charge in [-0.2, -0.15) is 0 Å². The molecule has 0 aromatic heterocycles. The maximum Gasteiger partial charge on any atom is 0.0603 e. The Labute approximate surface area is 198 Å². The molecule has 0 aromatic carbocycles. The third kappa shape index (κ3) is 3.33. The Morgan fingerprint density at radius 1 is 0.969 bits per heavy atom. The highest BCUT2D eigenvalue weighted by Gasteiger charge is 2.63. The highest BCUT2D eigenvalue weighted by atomic mass is 16.3. The quantitative estimate of drug-likeness (QED) is 0.444. The Bertz CT molecular complexity index is 802. The standard InChI is InChI=1S/C30H50O2/c1-19(2)9-11-24(31)20(3)21-13-17-30(8)23-10-12-25-27(4,5)26(32)15-16-28(25,6)22(23)14-18-29(21,30)7/h9,20-21,24-26,31-32H,10-18H2,1-8H3/t20-,21-,24-,25+,26+,28-,29-,30+/m1/s1. The lowest BCUT2D eigenvalue weighted by atomic mass is 9.43. The Hall–Kier alpha value is -0.600. The first kappa shape index (κ1) is 24.5. The summed E-state index contributed by atoms with van der Waals surface area (Å²) in [5, 5.41) is 21.9. The number of aliphatic hydroxyl groups is 2. The van der Waals surface area contributed by atoms with Crippen LogP contribution in [0.1, 0.15) is 113 Å². The van der Waals surface area contributed by atoms with Gasteiger partial charge in [0.05, 0.1) is 12.2 Å². The summed E-state index contributed by atoms with van der Waals surface area (Å²) < 4.78 is 0. The summed E-state index contributed by atoms with van der Waals surface area (Å²) in [4.78, 5) is 0. The van der Waals surface area contributed by atoms with Crippen LogP contribution in [0.15, 0.2) is 22.8 Å². The minimum absolute atomic E-state index is 0.00888. The lowest BCUT2D eigenvalue weighted by Crippen LogP contribution is -2.55. The number of hydrogen-bond donors (Lipinski definition) is 2. The van der Waals surface area contributed by atoms with Crippen LogP contribution < -0.4 is 0 Å². The molecule has 2 heteroatoms. The van der Waals surface area contributed by atoms with Gasteiger partial charge in [-0.25, -0.2) is 0 Å². The molecule has 2 fully saturated rings. The van der Waals surface area contributed by atoms with Gasteiger partial charge in [-0.15, -0.1) is 0 Å². The van der Waals surface area contributed by atoms with Gasteiger partial charge in [0.25, 0.3) is 0 Å². The molecule has 2 nitrogen and oxygen atoms in total. The Morgan fingerprint density at radius 3 is 2.31 bits per heavy atom. The van der Waals surface area contributed by atoms with Gasteiger partial charge in [-0.3, -0.25) is 0 Å². The van der Waals surface area contributed by atoms with Crippen LogP contribution in [0.5, 0.6) is 0 Å². The molecular formula is C30H50O2. The Morgan fingerprint density at radius 2 is 1.66 bits per heavy atom. The van der Waals surface area contributed by atoms with Crippen molar-refractivity contribution in [1.82, 2.24) is 0 Å². The molecular weight excluding hydrogens is 392 g/mol. The zero-order chi connectivity index (χ0) is 23.7. The number of allylic oxidation sites excluding steroid dienone is 3. The second-order valence-corrected chi connectivity index (χ2v) is 13.7. The van der Waals surface area contributed by atoms with Crippen molar-refractivity contribution in [3.8, 4) is 0 Å². The van der Waals surface area contributed by atoms with Gasteiger partial charge in [0, 0.05) is 0 Å². The SMILES string of the molecule is CC(C)=CC[C@@H](O)[C@H](C)[C@H]1CC[C@@]2(C)C3=C(CC[C@]12C)[C@@]1(C)CC[C@H](O)C(C)(C)[C@@H]1CC3. The second-order valence-electron chi connectivity index (χ2n) is 13.7. The number of fused-ring (bicyclic) bond motifs is 4. The van der Waals surface area contributed by atoms with Crippen LogP contribution in [0.4, 0.5) is 0 Å². The van der Waals surface area contributed by atoms with Crippen LogP contribution in [0, 0.1) is 39.4 Å². The van der Waals surface area contributed by atoms with Crippen LogP contribution in [0.2, 0.25) is 0 Å². The predicted octanol–water partition coefficient (Wildman–Crippen LogP) is 7.45. The van der Waals surface area contributed by atoms with Gasteiger partial charge >= 0.3 is 0 Å². The van der Waals surface area contributed by atoms with Gasteiger partial charge in [0.1, 0.15) is 0 Å². The average Bonchev–Trinajstić information content (AvgIpc) is 3.00. The maximum atomic E-state index is 11.0. The number of rotatable bonds is 4. The van der Waals surface area contributed by atoms with E-state index in [0.29, 0.717) is 17.8 Å². The number of aliphatic hydroxyl groups excluding tert-OH is 2. The fraction of sp³-hybridized carbons (Fsp3) is 0.867. The molecule has 0 saturated heterocycles. The van der Waals surface area contributed by atoms with Gasteiger partial charge < -0.3 is 10.2 Å². The van der Waals surface area contributed by atoms with E-state index in [4.69, 9.17) is 0 Å². The second kappa shape index (κ2) is 7.98. The number of hydrogen-bond acceptors (Lipinski definition) is 2. The van der Waals surface area contributed by atoms with E-state index in [-0.39, 0.29) is 33.9 Å². The van der Waals surface area contributed by atoms with Crippen molar-refractivity contribution in [2.45, 2.75) is 125 Å². The third-order valence-electron chi connectivity index (χ3n) is 11.8. The van der Waals surface area contributed by atoms with Crippen molar-refractivity contribution in [3.63, 3.8) is 0 Å². The van der Waals surface area contributed by atoms with E-state index < -0.39 is 0 Å². The van der Waals surface area contributed by atoms with Crippen LogP contribution in [0.3, 0.4) is 0 Å². The van der Waals surface area contributed by atoms with Gasteiger partial charge in [-0.05, 0) is 111 Å². The van der Waals surface area contributed by atoms with Crippen molar-refractivity contribution in [3.05, 3.63) is 22.8 Å². The molecule has 0 heterocycles. The smallest absolute Gasteiger partial charge is 0.0603 e. The van der Waals surface area contributed by atoms with E-state index in [1.54, 1.807) is 11.1 Å². The van der Waals surface area contributed by atoms with Crippen LogP contribution in [-0.2, 0) is 0 Å². The van der Waals surface area contributed by atoms with Gasteiger partial charge in [0.15, 0.2) is 0 Å². The molecule has 2 saturated carbocycles. The van der Waals surface area contributed by atoms with E-state index in [9.17, 15) is 10.2 Å². The molecule has 0 spiro atoms. The summed E-state index contributed by atoms with van der Waals surface area (Å²) >= 11 is 0. The molecule has 0 unspecified atom stereocenters. The molecule has 2 N–H and O–H groups in total. The van der Waals surface area contributed by atoms with E-state index in [1.165, 1.54) is 44.1 Å². The summed E-state index contributed by atoms with van der Waals surface area (Å²) in [5.41, 5.74) is 5.70. The molecule has 0 bridgehead atoms. The average molecular weight is 443 g/mol. The minimum atomic E-state index is -0.238. The molecule has 32 heavy (non-hydrogen) atoms. The van der Waals surface area contributed by atoms with Crippen molar-refractivity contribution in [1.29, 1.82) is 0 Å². The summed E-state index contributed by atoms with van der Waals surface area (Å²) in [5.74, 6) is 1.53. The largest absolute Gasteiger partial charge is 0.393 e. The molecule has 8 atom stereocenters. The first-order valence-corrected chi connectivity index (χ1v) is 13.5. The lowest BCUT2D eigenvalue weighted by molar-refractivity contribution is -0.0969. The van der Waals surface area contributed by atoms with Crippen LogP contribution in [0.25, 0.3) is 0 Å². The molecule has 182 valence electrons. The molecule has 0 amide bonds. The minimum Gasteiger partial charge on any atom is -0.393 e. The third-order valence-corrected chi connectivity index (χ3v) is 11.8. The first-order valence-electron chi connectivity index (χ1n) is 13.5. The topological polar surface area (TPSA) is 40.5 Å². The monoisotopic (exact) mass is 442 g/mol. The van der Waals surface area contributed by atoms with Crippen molar-refractivity contribution in [2.75, 3.05) is 0 Å². The summed E-state index contributed by atoms with van der Waals surface area (Å²) in [7, 11) is 0. The lowest BCUT2D eigenvalue weighted by Gasteiger charge is -2.62. The van der Waals surface area contributed by atoms with Crippen molar-refractivity contribution >= 4 is 0 Å². The van der Waals surface area contributed by atoms with Gasteiger partial charge in [0.2, 0.25) is 0 Å². The highest BCUT2D eigenvalue weighted by Crippen LogP contribution is 2.72. The molecule has 4 aliphatic rings. The molecule has 0 radical (unpaired) electrons. The maximum absolute atomic E-state index is 11.0. The molecule has 0 aliphatic heterocycles. The van der Waals surface area contributed by atoms with Gasteiger partial charge in [-0.1, -0.05) is 64.3 Å². The fourth-order valence-electron chi connectivity index (χ4n) is 9.40.